The van der Waals surface area contributed by atoms with Crippen molar-refractivity contribution >= 4 is 11.6 Å². The molecular formula is C10H18ClN3. The molecule has 1 aromatic heterocycles. The van der Waals surface area contributed by atoms with E-state index in [1.54, 1.807) is 0 Å². The lowest BCUT2D eigenvalue weighted by atomic mass is 10.1. The lowest BCUT2D eigenvalue weighted by Crippen LogP contribution is -2.12. The highest BCUT2D eigenvalue weighted by atomic mass is 35.5. The third-order valence-electron chi connectivity index (χ3n) is 2.50. The highest BCUT2D eigenvalue weighted by Gasteiger charge is 2.18. The Labute approximate surface area is 90.5 Å². The van der Waals surface area contributed by atoms with E-state index in [1.165, 1.54) is 0 Å². The summed E-state index contributed by atoms with van der Waals surface area (Å²) in [5.74, 6) is 1.36. The number of rotatable bonds is 4. The quantitative estimate of drug-likeness (QED) is 0.771. The molecule has 1 heterocycles. The monoisotopic (exact) mass is 215 g/mol. The van der Waals surface area contributed by atoms with Gasteiger partial charge in [-0.2, -0.15) is 0 Å². The molecule has 80 valence electrons. The van der Waals surface area contributed by atoms with Gasteiger partial charge < -0.3 is 0 Å². The summed E-state index contributed by atoms with van der Waals surface area (Å²) in [6, 6.07) is 0.426. The van der Waals surface area contributed by atoms with Crippen LogP contribution in [0, 0.1) is 0 Å². The van der Waals surface area contributed by atoms with Crippen molar-refractivity contribution < 1.29 is 0 Å². The van der Waals surface area contributed by atoms with Crippen LogP contribution in [-0.2, 0) is 0 Å². The van der Waals surface area contributed by atoms with E-state index >= 15 is 0 Å². The molecule has 3 nitrogen and oxygen atoms in total. The molecule has 0 aromatic carbocycles. The second-order valence-corrected chi connectivity index (χ2v) is 4.16. The topological polar surface area (TPSA) is 30.7 Å². The molecule has 1 rings (SSSR count). The second-order valence-electron chi connectivity index (χ2n) is 3.82. The molecule has 0 atom stereocenters. The molecule has 14 heavy (non-hydrogen) atoms. The van der Waals surface area contributed by atoms with E-state index in [4.69, 9.17) is 11.6 Å². The van der Waals surface area contributed by atoms with Gasteiger partial charge >= 0.3 is 0 Å². The second kappa shape index (κ2) is 4.78. The van der Waals surface area contributed by atoms with E-state index in [0.717, 1.165) is 18.7 Å². The Morgan fingerprint density at radius 3 is 2.21 bits per heavy atom. The smallest absolute Gasteiger partial charge is 0.225 e. The lowest BCUT2D eigenvalue weighted by molar-refractivity contribution is 0.447. The number of hydrogen-bond acceptors (Lipinski definition) is 2. The molecule has 0 saturated carbocycles. The lowest BCUT2D eigenvalue weighted by Gasteiger charge is -2.18. The SMILES string of the molecule is CCC(CC)n1c(Cl)nnc1C(C)C. The van der Waals surface area contributed by atoms with Crippen LogP contribution in [0.15, 0.2) is 0 Å². The molecule has 0 amide bonds. The summed E-state index contributed by atoms with van der Waals surface area (Å²) in [4.78, 5) is 0. The van der Waals surface area contributed by atoms with Crippen LogP contribution in [0.4, 0.5) is 0 Å². The molecule has 1 aromatic rings. The fourth-order valence-corrected chi connectivity index (χ4v) is 1.93. The normalized spacial score (nSPS) is 11.6. The van der Waals surface area contributed by atoms with Gasteiger partial charge in [-0.05, 0) is 24.4 Å². The van der Waals surface area contributed by atoms with Crippen molar-refractivity contribution in [3.8, 4) is 0 Å². The van der Waals surface area contributed by atoms with Crippen molar-refractivity contribution in [3.63, 3.8) is 0 Å². The third kappa shape index (κ3) is 2.08. The zero-order chi connectivity index (χ0) is 10.7. The van der Waals surface area contributed by atoms with Crippen LogP contribution in [0.2, 0.25) is 5.28 Å². The first-order valence-electron chi connectivity index (χ1n) is 5.22. The maximum absolute atomic E-state index is 6.03. The summed E-state index contributed by atoms with van der Waals surface area (Å²) in [6.45, 7) is 8.54. The molecular weight excluding hydrogens is 198 g/mol. The Morgan fingerprint density at radius 1 is 1.21 bits per heavy atom. The minimum absolute atomic E-state index is 0.371. The summed E-state index contributed by atoms with van der Waals surface area (Å²) in [5.41, 5.74) is 0. The molecule has 0 radical (unpaired) electrons. The van der Waals surface area contributed by atoms with Gasteiger partial charge in [0.25, 0.3) is 0 Å². The first-order chi connectivity index (χ1) is 6.61. The average Bonchev–Trinajstić information content (AvgIpc) is 2.51. The molecule has 0 spiro atoms. The standard InChI is InChI=1S/C10H18ClN3/c1-5-8(6-2)14-9(7(3)4)12-13-10(14)11/h7-8H,5-6H2,1-4H3. The average molecular weight is 216 g/mol. The first kappa shape index (κ1) is 11.5. The molecule has 0 aliphatic carbocycles. The Hall–Kier alpha value is -0.570. The Bertz CT molecular complexity index is 290. The van der Waals surface area contributed by atoms with Gasteiger partial charge in [-0.15, -0.1) is 10.2 Å². The van der Waals surface area contributed by atoms with Crippen molar-refractivity contribution in [2.75, 3.05) is 0 Å². The summed E-state index contributed by atoms with van der Waals surface area (Å²) < 4.78 is 2.06. The number of nitrogens with zero attached hydrogens (tertiary/aromatic N) is 3. The first-order valence-corrected chi connectivity index (χ1v) is 5.59. The van der Waals surface area contributed by atoms with Gasteiger partial charge in [-0.25, -0.2) is 0 Å². The predicted octanol–water partition coefficient (Wildman–Crippen LogP) is 3.42. The zero-order valence-electron chi connectivity index (χ0n) is 9.29. The molecule has 4 heteroatoms. The molecule has 0 bridgehead atoms. The van der Waals surface area contributed by atoms with Crippen LogP contribution >= 0.6 is 11.6 Å². The van der Waals surface area contributed by atoms with Crippen molar-refractivity contribution in [2.24, 2.45) is 0 Å². The van der Waals surface area contributed by atoms with E-state index in [2.05, 4.69) is 42.5 Å². The highest BCUT2D eigenvalue weighted by Crippen LogP contribution is 2.25. The van der Waals surface area contributed by atoms with E-state index < -0.39 is 0 Å². The highest BCUT2D eigenvalue weighted by molar-refractivity contribution is 6.28. The fraction of sp³-hybridized carbons (Fsp3) is 0.800. The van der Waals surface area contributed by atoms with Gasteiger partial charge in [0.05, 0.1) is 0 Å². The largest absolute Gasteiger partial charge is 0.298 e. The molecule has 0 unspecified atom stereocenters. The molecule has 0 saturated heterocycles. The zero-order valence-corrected chi connectivity index (χ0v) is 10.0. The predicted molar refractivity (Wildman–Crippen MR) is 58.7 cm³/mol. The Kier molecular flexibility index (Phi) is 3.93. The maximum Gasteiger partial charge on any atom is 0.225 e. The van der Waals surface area contributed by atoms with Gasteiger partial charge in [-0.3, -0.25) is 4.57 Å². The minimum Gasteiger partial charge on any atom is -0.298 e. The van der Waals surface area contributed by atoms with Crippen molar-refractivity contribution in [2.45, 2.75) is 52.5 Å². The Morgan fingerprint density at radius 2 is 1.79 bits per heavy atom. The minimum atomic E-state index is 0.371. The maximum atomic E-state index is 6.03. The third-order valence-corrected chi connectivity index (χ3v) is 2.76. The summed E-state index contributed by atoms with van der Waals surface area (Å²) in [7, 11) is 0. The van der Waals surface area contributed by atoms with Crippen LogP contribution in [0.3, 0.4) is 0 Å². The number of halogens is 1. The number of aromatic nitrogens is 3. The fourth-order valence-electron chi connectivity index (χ4n) is 1.67. The van der Waals surface area contributed by atoms with Gasteiger partial charge in [0.2, 0.25) is 5.28 Å². The number of hydrogen-bond donors (Lipinski definition) is 0. The molecule has 0 aliphatic heterocycles. The van der Waals surface area contributed by atoms with Gasteiger partial charge in [0, 0.05) is 12.0 Å². The molecule has 0 fully saturated rings. The summed E-state index contributed by atoms with van der Waals surface area (Å²) in [5, 5.41) is 8.56. The van der Waals surface area contributed by atoms with E-state index in [1.807, 2.05) is 0 Å². The van der Waals surface area contributed by atoms with Crippen LogP contribution in [0.1, 0.15) is 58.3 Å². The summed E-state index contributed by atoms with van der Waals surface area (Å²) >= 11 is 6.03. The van der Waals surface area contributed by atoms with Crippen LogP contribution in [0.5, 0.6) is 0 Å². The van der Waals surface area contributed by atoms with Gasteiger partial charge in [0.15, 0.2) is 0 Å². The van der Waals surface area contributed by atoms with E-state index in [9.17, 15) is 0 Å². The Balaban J connectivity index is 3.09. The van der Waals surface area contributed by atoms with Crippen molar-refractivity contribution in [3.05, 3.63) is 11.1 Å². The van der Waals surface area contributed by atoms with E-state index in [-0.39, 0.29) is 0 Å². The molecule has 0 N–H and O–H groups in total. The van der Waals surface area contributed by atoms with Crippen LogP contribution in [-0.4, -0.2) is 14.8 Å². The van der Waals surface area contributed by atoms with Crippen molar-refractivity contribution in [1.29, 1.82) is 0 Å². The van der Waals surface area contributed by atoms with E-state index in [0.29, 0.717) is 17.2 Å². The van der Waals surface area contributed by atoms with Crippen molar-refractivity contribution in [1.82, 2.24) is 14.8 Å². The molecule has 0 aliphatic rings. The van der Waals surface area contributed by atoms with Gasteiger partial charge in [0.1, 0.15) is 5.82 Å². The van der Waals surface area contributed by atoms with Gasteiger partial charge in [-0.1, -0.05) is 27.7 Å². The van der Waals surface area contributed by atoms with Crippen LogP contribution in [0.25, 0.3) is 0 Å². The van der Waals surface area contributed by atoms with Crippen LogP contribution < -0.4 is 0 Å². The summed E-state index contributed by atoms with van der Waals surface area (Å²) in [6.07, 6.45) is 2.13.